The lowest BCUT2D eigenvalue weighted by Crippen LogP contribution is -2.10. The highest BCUT2D eigenvalue weighted by molar-refractivity contribution is 6.13. The van der Waals surface area contributed by atoms with Gasteiger partial charge in [-0.05, 0) is 87.5 Å². The molecule has 282 valence electrons. The van der Waals surface area contributed by atoms with Crippen molar-refractivity contribution in [2.45, 2.75) is 0 Å². The second-order valence-electron chi connectivity index (χ2n) is 15.0. The van der Waals surface area contributed by atoms with Crippen molar-refractivity contribution in [3.05, 3.63) is 225 Å². The van der Waals surface area contributed by atoms with Crippen LogP contribution in [-0.2, 0) is 0 Å². The van der Waals surface area contributed by atoms with Crippen LogP contribution in [0.15, 0.2) is 229 Å². The van der Waals surface area contributed by atoms with E-state index in [0.717, 1.165) is 94.5 Å². The Balaban J connectivity index is 0.973. The number of hydrogen-bond donors (Lipinski definition) is 0. The Morgan fingerprint density at radius 1 is 0.317 bits per heavy atom. The molecule has 0 aliphatic carbocycles. The van der Waals surface area contributed by atoms with Gasteiger partial charge in [-0.1, -0.05) is 164 Å². The minimum Gasteiger partial charge on any atom is -0.455 e. The first-order valence-electron chi connectivity index (χ1n) is 20.2. The molecular weight excluding hydrogens is 731 g/mol. The van der Waals surface area contributed by atoms with Gasteiger partial charge in [0.25, 0.3) is 0 Å². The Hall–Kier alpha value is -8.08. The second kappa shape index (κ2) is 15.0. The molecule has 2 aromatic heterocycles. The van der Waals surface area contributed by atoms with Crippen molar-refractivity contribution < 1.29 is 4.42 Å². The Kier molecular flexibility index (Phi) is 8.79. The van der Waals surface area contributed by atoms with Crippen LogP contribution in [0.5, 0.6) is 0 Å². The maximum absolute atomic E-state index is 6.77. The largest absolute Gasteiger partial charge is 0.455 e. The normalized spacial score (nSPS) is 11.3. The lowest BCUT2D eigenvalue weighted by atomic mass is 9.97. The maximum atomic E-state index is 6.77. The second-order valence-corrected chi connectivity index (χ2v) is 15.0. The molecule has 11 rings (SSSR count). The first-order valence-corrected chi connectivity index (χ1v) is 20.2. The van der Waals surface area contributed by atoms with Gasteiger partial charge in [0.1, 0.15) is 11.2 Å². The van der Waals surface area contributed by atoms with Gasteiger partial charge < -0.3 is 9.32 Å². The molecule has 0 atom stereocenters. The monoisotopic (exact) mass is 767 g/mol. The van der Waals surface area contributed by atoms with E-state index in [1.807, 2.05) is 18.2 Å². The fraction of sp³-hybridized carbons (Fsp3) is 0. The zero-order valence-corrected chi connectivity index (χ0v) is 32.6. The number of rotatable bonds is 8. The minimum atomic E-state index is 0.875. The maximum Gasteiger partial charge on any atom is 0.143 e. The van der Waals surface area contributed by atoms with E-state index < -0.39 is 0 Å². The Morgan fingerprint density at radius 2 is 0.800 bits per heavy atom. The number of para-hydroxylation sites is 3. The lowest BCUT2D eigenvalue weighted by Gasteiger charge is -2.26. The number of fused-ring (bicyclic) bond motifs is 4. The van der Waals surface area contributed by atoms with Crippen molar-refractivity contribution in [2.24, 2.45) is 0 Å². The van der Waals surface area contributed by atoms with Gasteiger partial charge in [-0.3, -0.25) is 9.97 Å². The molecule has 4 heteroatoms. The topological polar surface area (TPSA) is 42.2 Å². The summed E-state index contributed by atoms with van der Waals surface area (Å²) in [4.78, 5) is 11.6. The van der Waals surface area contributed by atoms with Crippen LogP contribution < -0.4 is 4.90 Å². The van der Waals surface area contributed by atoms with E-state index in [-0.39, 0.29) is 0 Å². The summed E-state index contributed by atoms with van der Waals surface area (Å²) >= 11 is 0. The van der Waals surface area contributed by atoms with Crippen molar-refractivity contribution in [3.8, 4) is 55.6 Å². The zero-order chi connectivity index (χ0) is 39.8. The molecule has 0 aliphatic heterocycles. The molecule has 0 saturated heterocycles. The van der Waals surface area contributed by atoms with E-state index in [0.29, 0.717) is 0 Å². The van der Waals surface area contributed by atoms with Gasteiger partial charge >= 0.3 is 0 Å². The van der Waals surface area contributed by atoms with Crippen molar-refractivity contribution in [3.63, 3.8) is 0 Å². The third-order valence-electron chi connectivity index (χ3n) is 11.4. The third-order valence-corrected chi connectivity index (χ3v) is 11.4. The number of aromatic nitrogens is 2. The van der Waals surface area contributed by atoms with Gasteiger partial charge in [-0.25, -0.2) is 0 Å². The summed E-state index contributed by atoms with van der Waals surface area (Å²) in [5, 5.41) is 2.24. The standard InChI is InChI=1S/C56H37N3O/c1-3-12-38(13-4-1)39-26-30-45(31-27-39)59(47-19-8-18-44(37-47)48-20-11-25-53-54(48)58-35-34-57-53)46-32-28-40(29-33-46)42-16-7-17-43(36-42)50-22-10-24-52-51-23-9-21-49(55(51)60-56(50)52)41-14-5-2-6-15-41/h1-37H. The van der Waals surface area contributed by atoms with Gasteiger partial charge in [0.05, 0.1) is 11.0 Å². The molecule has 0 fully saturated rings. The number of furan rings is 1. The van der Waals surface area contributed by atoms with Crippen molar-refractivity contribution >= 4 is 50.0 Å². The molecule has 0 N–H and O–H groups in total. The summed E-state index contributed by atoms with van der Waals surface area (Å²) in [6, 6.07) is 75.2. The van der Waals surface area contributed by atoms with Crippen molar-refractivity contribution in [1.82, 2.24) is 9.97 Å². The van der Waals surface area contributed by atoms with Crippen LogP contribution in [0.3, 0.4) is 0 Å². The SMILES string of the molecule is c1ccc(-c2ccc(N(c3ccc(-c4cccc(-c5cccc6c5oc5c(-c7ccccc7)cccc56)c4)cc3)c3cccc(-c4cccc5nccnc45)c3)cc2)cc1. The van der Waals surface area contributed by atoms with E-state index in [1.165, 1.54) is 11.1 Å². The Bertz CT molecular complexity index is 3300. The Labute approximate surface area is 348 Å². The minimum absolute atomic E-state index is 0.875. The van der Waals surface area contributed by atoms with Crippen LogP contribution in [-0.4, -0.2) is 9.97 Å². The van der Waals surface area contributed by atoms with E-state index in [9.17, 15) is 0 Å². The number of nitrogens with zero attached hydrogens (tertiary/aromatic N) is 3. The highest BCUT2D eigenvalue weighted by Gasteiger charge is 2.18. The molecule has 0 radical (unpaired) electrons. The van der Waals surface area contributed by atoms with Crippen molar-refractivity contribution in [2.75, 3.05) is 4.90 Å². The van der Waals surface area contributed by atoms with Gasteiger partial charge in [-0.2, -0.15) is 0 Å². The van der Waals surface area contributed by atoms with Gasteiger partial charge in [0, 0.05) is 56.9 Å². The smallest absolute Gasteiger partial charge is 0.143 e. The lowest BCUT2D eigenvalue weighted by molar-refractivity contribution is 0.671. The number of anilines is 3. The predicted octanol–water partition coefficient (Wildman–Crippen LogP) is 15.3. The van der Waals surface area contributed by atoms with Crippen LogP contribution in [0, 0.1) is 0 Å². The van der Waals surface area contributed by atoms with Gasteiger partial charge in [0.2, 0.25) is 0 Å². The highest BCUT2D eigenvalue weighted by atomic mass is 16.3. The summed E-state index contributed by atoms with van der Waals surface area (Å²) < 4.78 is 6.77. The van der Waals surface area contributed by atoms with Gasteiger partial charge in [0.15, 0.2) is 0 Å². The molecule has 2 heterocycles. The van der Waals surface area contributed by atoms with Crippen molar-refractivity contribution in [1.29, 1.82) is 0 Å². The molecule has 0 bridgehead atoms. The highest BCUT2D eigenvalue weighted by Crippen LogP contribution is 2.42. The molecule has 60 heavy (non-hydrogen) atoms. The van der Waals surface area contributed by atoms with E-state index >= 15 is 0 Å². The molecule has 4 nitrogen and oxygen atoms in total. The van der Waals surface area contributed by atoms with Crippen LogP contribution >= 0.6 is 0 Å². The fourth-order valence-corrected chi connectivity index (χ4v) is 8.48. The summed E-state index contributed by atoms with van der Waals surface area (Å²) in [6.45, 7) is 0. The predicted molar refractivity (Wildman–Crippen MR) is 249 cm³/mol. The van der Waals surface area contributed by atoms with E-state index in [2.05, 4.69) is 204 Å². The summed E-state index contributed by atoms with van der Waals surface area (Å²) in [7, 11) is 0. The van der Waals surface area contributed by atoms with E-state index in [1.54, 1.807) is 12.4 Å². The molecular formula is C56H37N3O. The molecule has 0 aliphatic rings. The van der Waals surface area contributed by atoms with Crippen LogP contribution in [0.1, 0.15) is 0 Å². The van der Waals surface area contributed by atoms with Crippen LogP contribution in [0.2, 0.25) is 0 Å². The molecule has 0 spiro atoms. The van der Waals surface area contributed by atoms with E-state index in [4.69, 9.17) is 9.40 Å². The fourth-order valence-electron chi connectivity index (χ4n) is 8.48. The van der Waals surface area contributed by atoms with Crippen LogP contribution in [0.25, 0.3) is 88.6 Å². The number of benzene rings is 9. The molecule has 9 aromatic carbocycles. The van der Waals surface area contributed by atoms with Crippen LogP contribution in [0.4, 0.5) is 17.1 Å². The third kappa shape index (κ3) is 6.37. The average Bonchev–Trinajstić information content (AvgIpc) is 3.72. The number of hydrogen-bond acceptors (Lipinski definition) is 4. The zero-order valence-electron chi connectivity index (χ0n) is 32.6. The molecule has 11 aromatic rings. The quantitative estimate of drug-likeness (QED) is 0.154. The average molecular weight is 768 g/mol. The van der Waals surface area contributed by atoms with Gasteiger partial charge in [-0.15, -0.1) is 0 Å². The first-order chi connectivity index (χ1) is 29.7. The first kappa shape index (κ1) is 35.1. The summed E-state index contributed by atoms with van der Waals surface area (Å²) in [5.74, 6) is 0. The summed E-state index contributed by atoms with van der Waals surface area (Å²) in [6.07, 6.45) is 3.50. The Morgan fingerprint density at radius 3 is 1.48 bits per heavy atom. The molecule has 0 saturated carbocycles. The summed E-state index contributed by atoms with van der Waals surface area (Å²) in [5.41, 5.74) is 17.9. The molecule has 0 unspecified atom stereocenters. The molecule has 0 amide bonds.